The van der Waals surface area contributed by atoms with Crippen molar-refractivity contribution in [2.24, 2.45) is 0 Å². The monoisotopic (exact) mass is 420 g/mol. The number of hydrogen-bond acceptors (Lipinski definition) is 3. The molecule has 2 aromatic heterocycles. The van der Waals surface area contributed by atoms with E-state index in [0.29, 0.717) is 28.2 Å². The van der Waals surface area contributed by atoms with E-state index in [9.17, 15) is 0 Å². The summed E-state index contributed by atoms with van der Waals surface area (Å²) in [6, 6.07) is 11.0. The Bertz CT molecular complexity index is 1060. The lowest BCUT2D eigenvalue weighted by molar-refractivity contribution is 0.0283. The molecule has 0 N–H and O–H groups in total. The van der Waals surface area contributed by atoms with Crippen molar-refractivity contribution in [3.8, 4) is 0 Å². The van der Waals surface area contributed by atoms with Crippen LogP contribution in [0.1, 0.15) is 17.2 Å². The van der Waals surface area contributed by atoms with Gasteiger partial charge in [0.1, 0.15) is 11.7 Å². The van der Waals surface area contributed by atoms with Crippen LogP contribution in [-0.2, 0) is 17.9 Å². The third kappa shape index (κ3) is 4.14. The second-order valence-electron chi connectivity index (χ2n) is 6.13. The maximum atomic E-state index is 6.42. The average molecular weight is 422 g/mol. The molecular formula is C20H15Cl3N2O2. The maximum absolute atomic E-state index is 6.42. The van der Waals surface area contributed by atoms with E-state index < -0.39 is 0 Å². The van der Waals surface area contributed by atoms with Gasteiger partial charge in [0.25, 0.3) is 0 Å². The van der Waals surface area contributed by atoms with Gasteiger partial charge in [-0.15, -0.1) is 0 Å². The molecule has 0 saturated heterocycles. The number of furan rings is 1. The zero-order valence-corrected chi connectivity index (χ0v) is 16.4. The third-order valence-electron chi connectivity index (χ3n) is 4.30. The summed E-state index contributed by atoms with van der Waals surface area (Å²) in [6.07, 6.45) is 6.78. The van der Waals surface area contributed by atoms with Gasteiger partial charge in [0, 0.05) is 44.0 Å². The van der Waals surface area contributed by atoms with E-state index in [2.05, 4.69) is 4.98 Å². The zero-order chi connectivity index (χ0) is 18.8. The molecule has 138 valence electrons. The number of fused-ring (bicyclic) bond motifs is 1. The standard InChI is InChI=1S/C20H15Cl3N2O2/c21-14-2-4-17(18(23)7-14)20(9-25-6-5-24-12-25)27-11-13-10-26-19-8-15(22)1-3-16(13)19/h1-8,10,12,20H,9,11H2. The van der Waals surface area contributed by atoms with Crippen LogP contribution in [0.25, 0.3) is 11.0 Å². The third-order valence-corrected chi connectivity index (χ3v) is 5.10. The second-order valence-corrected chi connectivity index (χ2v) is 7.41. The summed E-state index contributed by atoms with van der Waals surface area (Å²) in [7, 11) is 0. The summed E-state index contributed by atoms with van der Waals surface area (Å²) in [4.78, 5) is 4.09. The van der Waals surface area contributed by atoms with Crippen LogP contribution in [0.3, 0.4) is 0 Å². The molecule has 4 nitrogen and oxygen atoms in total. The van der Waals surface area contributed by atoms with Gasteiger partial charge in [-0.05, 0) is 30.3 Å². The van der Waals surface area contributed by atoms with Gasteiger partial charge < -0.3 is 13.7 Å². The highest BCUT2D eigenvalue weighted by molar-refractivity contribution is 6.35. The first kappa shape index (κ1) is 18.4. The highest BCUT2D eigenvalue weighted by atomic mass is 35.5. The van der Waals surface area contributed by atoms with Crippen LogP contribution >= 0.6 is 34.8 Å². The van der Waals surface area contributed by atoms with E-state index in [4.69, 9.17) is 44.0 Å². The molecule has 2 aromatic carbocycles. The van der Waals surface area contributed by atoms with Gasteiger partial charge in [-0.3, -0.25) is 0 Å². The summed E-state index contributed by atoms with van der Waals surface area (Å²) < 4.78 is 13.8. The number of rotatable bonds is 6. The van der Waals surface area contributed by atoms with Gasteiger partial charge >= 0.3 is 0 Å². The largest absolute Gasteiger partial charge is 0.464 e. The fourth-order valence-electron chi connectivity index (χ4n) is 2.95. The van der Waals surface area contributed by atoms with Crippen molar-refractivity contribution in [1.29, 1.82) is 0 Å². The van der Waals surface area contributed by atoms with Crippen molar-refractivity contribution in [3.05, 3.63) is 87.6 Å². The van der Waals surface area contributed by atoms with E-state index in [1.165, 1.54) is 0 Å². The molecule has 1 atom stereocenters. The number of aromatic nitrogens is 2. The topological polar surface area (TPSA) is 40.2 Å². The number of benzene rings is 2. The van der Waals surface area contributed by atoms with Gasteiger partial charge in [0.15, 0.2) is 0 Å². The fourth-order valence-corrected chi connectivity index (χ4v) is 3.64. The van der Waals surface area contributed by atoms with Gasteiger partial charge in [0.05, 0.1) is 25.7 Å². The molecule has 0 radical (unpaired) electrons. The van der Waals surface area contributed by atoms with Crippen LogP contribution in [0.2, 0.25) is 15.1 Å². The van der Waals surface area contributed by atoms with Gasteiger partial charge in [-0.25, -0.2) is 4.98 Å². The minimum Gasteiger partial charge on any atom is -0.464 e. The second kappa shape index (κ2) is 7.95. The van der Waals surface area contributed by atoms with Gasteiger partial charge in [-0.1, -0.05) is 40.9 Å². The molecule has 0 aliphatic carbocycles. The number of imidazole rings is 1. The molecule has 27 heavy (non-hydrogen) atoms. The van der Waals surface area contributed by atoms with Crippen LogP contribution in [0.4, 0.5) is 0 Å². The molecule has 1 unspecified atom stereocenters. The maximum Gasteiger partial charge on any atom is 0.135 e. The molecule has 2 heterocycles. The van der Waals surface area contributed by atoms with E-state index in [-0.39, 0.29) is 6.10 Å². The summed E-state index contributed by atoms with van der Waals surface area (Å²) in [5.74, 6) is 0. The van der Waals surface area contributed by atoms with Crippen LogP contribution in [0.5, 0.6) is 0 Å². The molecule has 0 aliphatic rings. The van der Waals surface area contributed by atoms with Crippen molar-refractivity contribution in [2.45, 2.75) is 19.3 Å². The van der Waals surface area contributed by atoms with Crippen molar-refractivity contribution >= 4 is 45.8 Å². The number of halogens is 3. The molecule has 0 bridgehead atoms. The SMILES string of the molecule is Clc1ccc(C(Cn2ccnc2)OCc2coc3cc(Cl)ccc23)c(Cl)c1. The first-order chi connectivity index (χ1) is 13.1. The Morgan fingerprint density at radius 1 is 1.07 bits per heavy atom. The average Bonchev–Trinajstić information content (AvgIpc) is 3.28. The van der Waals surface area contributed by atoms with E-state index in [0.717, 1.165) is 22.1 Å². The summed E-state index contributed by atoms with van der Waals surface area (Å²) in [5, 5.41) is 2.76. The fraction of sp³-hybridized carbons (Fsp3) is 0.150. The highest BCUT2D eigenvalue weighted by Gasteiger charge is 2.18. The minimum atomic E-state index is -0.277. The minimum absolute atomic E-state index is 0.277. The molecule has 4 rings (SSSR count). The van der Waals surface area contributed by atoms with Crippen LogP contribution < -0.4 is 0 Å². The molecule has 0 spiro atoms. The summed E-state index contributed by atoms with van der Waals surface area (Å²) in [5.41, 5.74) is 2.55. The number of nitrogens with zero attached hydrogens (tertiary/aromatic N) is 2. The predicted molar refractivity (Wildman–Crippen MR) is 107 cm³/mol. The zero-order valence-electron chi connectivity index (χ0n) is 14.1. The van der Waals surface area contributed by atoms with Gasteiger partial charge in [0.2, 0.25) is 0 Å². The number of ether oxygens (including phenoxy) is 1. The van der Waals surface area contributed by atoms with Crippen molar-refractivity contribution in [1.82, 2.24) is 9.55 Å². The Morgan fingerprint density at radius 3 is 2.67 bits per heavy atom. The van der Waals surface area contributed by atoms with E-state index in [1.54, 1.807) is 30.9 Å². The Hall–Kier alpha value is -1.98. The van der Waals surface area contributed by atoms with E-state index in [1.807, 2.05) is 35.0 Å². The van der Waals surface area contributed by atoms with Gasteiger partial charge in [-0.2, -0.15) is 0 Å². The predicted octanol–water partition coefficient (Wildman–Crippen LogP) is 6.55. The Morgan fingerprint density at radius 2 is 1.89 bits per heavy atom. The Kier molecular flexibility index (Phi) is 5.41. The molecule has 0 fully saturated rings. The van der Waals surface area contributed by atoms with Crippen LogP contribution in [0.15, 0.2) is 65.8 Å². The molecule has 7 heteroatoms. The van der Waals surface area contributed by atoms with Crippen LogP contribution in [-0.4, -0.2) is 9.55 Å². The quantitative estimate of drug-likeness (QED) is 0.354. The summed E-state index contributed by atoms with van der Waals surface area (Å²) in [6.45, 7) is 0.940. The van der Waals surface area contributed by atoms with Crippen molar-refractivity contribution in [2.75, 3.05) is 0 Å². The van der Waals surface area contributed by atoms with E-state index >= 15 is 0 Å². The van der Waals surface area contributed by atoms with Crippen molar-refractivity contribution < 1.29 is 9.15 Å². The highest BCUT2D eigenvalue weighted by Crippen LogP contribution is 2.32. The molecule has 0 aliphatic heterocycles. The molecule has 4 aromatic rings. The van der Waals surface area contributed by atoms with Crippen molar-refractivity contribution in [3.63, 3.8) is 0 Å². The lowest BCUT2D eigenvalue weighted by Crippen LogP contribution is -2.12. The smallest absolute Gasteiger partial charge is 0.135 e. The van der Waals surface area contributed by atoms with Crippen LogP contribution in [0, 0.1) is 0 Å². The first-order valence-corrected chi connectivity index (χ1v) is 9.41. The summed E-state index contributed by atoms with van der Waals surface area (Å²) >= 11 is 18.5. The normalized spacial score (nSPS) is 12.6. The first-order valence-electron chi connectivity index (χ1n) is 8.28. The Labute approximate surface area is 171 Å². The molecular weight excluding hydrogens is 407 g/mol. The molecule has 0 amide bonds. The lowest BCUT2D eigenvalue weighted by Gasteiger charge is -2.20. The number of hydrogen-bond donors (Lipinski definition) is 0. The lowest BCUT2D eigenvalue weighted by atomic mass is 10.1. The molecule has 0 saturated carbocycles. The Balaban J connectivity index is 1.60.